The van der Waals surface area contributed by atoms with Crippen LogP contribution in [0.1, 0.15) is 50.4 Å². The number of thiazole rings is 1. The summed E-state index contributed by atoms with van der Waals surface area (Å²) < 4.78 is 21.3. The zero-order chi connectivity index (χ0) is 31.5. The lowest BCUT2D eigenvalue weighted by Crippen LogP contribution is -2.40. The summed E-state index contributed by atoms with van der Waals surface area (Å²) in [6.45, 7) is 7.94. The van der Waals surface area contributed by atoms with Crippen molar-refractivity contribution in [3.05, 3.63) is 121 Å². The molecule has 0 saturated carbocycles. The summed E-state index contributed by atoms with van der Waals surface area (Å²) in [5.41, 5.74) is 2.99. The second-order valence-electron chi connectivity index (χ2n) is 10.2. The summed E-state index contributed by atoms with van der Waals surface area (Å²) >= 11 is 13.3. The first-order chi connectivity index (χ1) is 21.1. The molecule has 0 radical (unpaired) electrons. The molecule has 1 atom stereocenters. The van der Waals surface area contributed by atoms with E-state index in [1.807, 2.05) is 80.6 Å². The molecule has 0 amide bonds. The van der Waals surface area contributed by atoms with Crippen molar-refractivity contribution in [1.82, 2.24) is 4.57 Å². The van der Waals surface area contributed by atoms with E-state index in [1.54, 1.807) is 18.4 Å². The molecular weight excluding hydrogens is 779 g/mol. The first kappa shape index (κ1) is 32.5. The molecule has 2 heterocycles. The summed E-state index contributed by atoms with van der Waals surface area (Å²) in [4.78, 5) is 32.6. The molecular formula is C33H29BrClIN2O5S. The van der Waals surface area contributed by atoms with Crippen LogP contribution in [0.3, 0.4) is 0 Å². The number of para-hydroxylation sites is 1. The minimum absolute atomic E-state index is 0.110. The molecule has 0 N–H and O–H groups in total. The fourth-order valence-corrected chi connectivity index (χ4v) is 7.92. The van der Waals surface area contributed by atoms with Crippen LogP contribution in [-0.4, -0.2) is 23.2 Å². The fraction of sp³-hybridized carbons (Fsp3) is 0.242. The van der Waals surface area contributed by atoms with Crippen LogP contribution in [-0.2, 0) is 16.1 Å². The van der Waals surface area contributed by atoms with Crippen LogP contribution in [0, 0.1) is 3.57 Å². The Morgan fingerprint density at radius 3 is 2.66 bits per heavy atom. The van der Waals surface area contributed by atoms with Gasteiger partial charge in [-0.3, -0.25) is 9.36 Å². The van der Waals surface area contributed by atoms with Gasteiger partial charge in [0, 0.05) is 10.6 Å². The Hall–Kier alpha value is -2.93. The van der Waals surface area contributed by atoms with Gasteiger partial charge < -0.3 is 14.2 Å². The van der Waals surface area contributed by atoms with Gasteiger partial charge in [0.15, 0.2) is 4.80 Å². The van der Waals surface area contributed by atoms with Gasteiger partial charge in [0.1, 0.15) is 24.1 Å². The van der Waals surface area contributed by atoms with Crippen molar-refractivity contribution < 1.29 is 19.0 Å². The maximum absolute atomic E-state index is 14.1. The standard InChI is InChI=1S/C33H29BrClIN2O5S/c1-5-41-32(40)28-19(4)37-33-38(29(28)23-11-6-7-12-26(23)43-18(2)3)31(39)27(44-33)16-21-14-24(34)30(25(36)15-21)42-17-20-9-8-10-22(35)13-20/h6-16,18,29H,5,17H2,1-4H3/b27-16-/t29-/m1/s1. The zero-order valence-corrected chi connectivity index (χ0v) is 29.7. The minimum Gasteiger partial charge on any atom is -0.491 e. The number of hydrogen-bond donors (Lipinski definition) is 0. The third kappa shape index (κ3) is 6.98. The second-order valence-corrected chi connectivity index (χ2v) is 13.7. The molecule has 3 aromatic carbocycles. The Kier molecular flexibility index (Phi) is 10.3. The van der Waals surface area contributed by atoms with Crippen molar-refractivity contribution in [3.8, 4) is 11.5 Å². The van der Waals surface area contributed by atoms with E-state index in [9.17, 15) is 9.59 Å². The van der Waals surface area contributed by atoms with Gasteiger partial charge in [0.2, 0.25) is 0 Å². The topological polar surface area (TPSA) is 79.1 Å². The Morgan fingerprint density at radius 1 is 1.18 bits per heavy atom. The predicted molar refractivity (Wildman–Crippen MR) is 185 cm³/mol. The van der Waals surface area contributed by atoms with Crippen molar-refractivity contribution >= 4 is 73.5 Å². The van der Waals surface area contributed by atoms with E-state index in [1.165, 1.54) is 11.3 Å². The van der Waals surface area contributed by atoms with Crippen LogP contribution in [0.2, 0.25) is 5.02 Å². The fourth-order valence-electron chi connectivity index (χ4n) is 4.89. The van der Waals surface area contributed by atoms with Gasteiger partial charge in [0.25, 0.3) is 5.56 Å². The summed E-state index contributed by atoms with van der Waals surface area (Å²) in [7, 11) is 0. The third-order valence-corrected chi connectivity index (χ3v) is 9.29. The molecule has 0 unspecified atom stereocenters. The number of aromatic nitrogens is 1. The first-order valence-corrected chi connectivity index (χ1v) is 17.0. The Labute approximate surface area is 286 Å². The van der Waals surface area contributed by atoms with Crippen LogP contribution < -0.4 is 24.4 Å². The van der Waals surface area contributed by atoms with Crippen molar-refractivity contribution in [2.45, 2.75) is 46.4 Å². The minimum atomic E-state index is -0.767. The van der Waals surface area contributed by atoms with Crippen molar-refractivity contribution in [1.29, 1.82) is 0 Å². The average Bonchev–Trinajstić information content (AvgIpc) is 3.26. The smallest absolute Gasteiger partial charge is 0.338 e. The van der Waals surface area contributed by atoms with Gasteiger partial charge in [-0.2, -0.15) is 0 Å². The number of benzene rings is 3. The third-order valence-electron chi connectivity index (χ3n) is 6.68. The molecule has 0 spiro atoms. The first-order valence-electron chi connectivity index (χ1n) is 13.9. The average molecular weight is 808 g/mol. The van der Waals surface area contributed by atoms with Gasteiger partial charge in [-0.15, -0.1) is 0 Å². The van der Waals surface area contributed by atoms with E-state index in [0.717, 1.165) is 19.2 Å². The summed E-state index contributed by atoms with van der Waals surface area (Å²) in [5.74, 6) is 0.769. The zero-order valence-electron chi connectivity index (χ0n) is 24.4. The van der Waals surface area contributed by atoms with E-state index >= 15 is 0 Å². The number of hydrogen-bond acceptors (Lipinski definition) is 7. The van der Waals surface area contributed by atoms with Gasteiger partial charge in [-0.1, -0.05) is 53.3 Å². The van der Waals surface area contributed by atoms with E-state index in [4.69, 9.17) is 25.8 Å². The highest BCUT2D eigenvalue weighted by Crippen LogP contribution is 2.36. The van der Waals surface area contributed by atoms with E-state index < -0.39 is 12.0 Å². The highest BCUT2D eigenvalue weighted by atomic mass is 127. The van der Waals surface area contributed by atoms with Gasteiger partial charge in [-0.05, 0) is 114 Å². The van der Waals surface area contributed by atoms with Crippen molar-refractivity contribution in [2.24, 2.45) is 4.99 Å². The Balaban J connectivity index is 1.59. The van der Waals surface area contributed by atoms with Crippen LogP contribution in [0.15, 0.2) is 86.2 Å². The van der Waals surface area contributed by atoms with Crippen LogP contribution in [0.4, 0.5) is 0 Å². The predicted octanol–water partition coefficient (Wildman–Crippen LogP) is 7.19. The molecule has 11 heteroatoms. The molecule has 0 fully saturated rings. The second kappa shape index (κ2) is 14.0. The number of esters is 1. The summed E-state index contributed by atoms with van der Waals surface area (Å²) in [5, 5.41) is 0.652. The van der Waals surface area contributed by atoms with Crippen molar-refractivity contribution in [2.75, 3.05) is 6.61 Å². The van der Waals surface area contributed by atoms with E-state index in [-0.39, 0.29) is 18.3 Å². The number of halogens is 3. The number of carbonyl (C=O) groups excluding carboxylic acids is 1. The molecule has 1 aromatic heterocycles. The molecule has 7 nitrogen and oxygen atoms in total. The largest absolute Gasteiger partial charge is 0.491 e. The lowest BCUT2D eigenvalue weighted by Gasteiger charge is -2.26. The lowest BCUT2D eigenvalue weighted by molar-refractivity contribution is -0.139. The van der Waals surface area contributed by atoms with Gasteiger partial charge in [-0.25, -0.2) is 9.79 Å². The molecule has 228 valence electrons. The monoisotopic (exact) mass is 806 g/mol. The number of allylic oxidation sites excluding steroid dienone is 1. The summed E-state index contributed by atoms with van der Waals surface area (Å²) in [6, 6.07) is 18.1. The van der Waals surface area contributed by atoms with Crippen LogP contribution in [0.5, 0.6) is 11.5 Å². The Bertz CT molecular complexity index is 1930. The summed E-state index contributed by atoms with van der Waals surface area (Å²) in [6.07, 6.45) is 1.72. The molecule has 0 saturated heterocycles. The van der Waals surface area contributed by atoms with Gasteiger partial charge >= 0.3 is 5.97 Å². The maximum Gasteiger partial charge on any atom is 0.338 e. The normalized spacial score (nSPS) is 14.8. The lowest BCUT2D eigenvalue weighted by atomic mass is 9.95. The molecule has 4 aromatic rings. The molecule has 1 aliphatic rings. The van der Waals surface area contributed by atoms with Crippen molar-refractivity contribution in [3.63, 3.8) is 0 Å². The number of carbonyl (C=O) groups is 1. The molecule has 5 rings (SSSR count). The molecule has 0 bridgehead atoms. The number of nitrogens with zero attached hydrogens (tertiary/aromatic N) is 2. The number of ether oxygens (including phenoxy) is 3. The van der Waals surface area contributed by atoms with E-state index in [0.29, 0.717) is 49.3 Å². The Morgan fingerprint density at radius 2 is 1.95 bits per heavy atom. The quantitative estimate of drug-likeness (QED) is 0.132. The molecule has 0 aliphatic carbocycles. The highest BCUT2D eigenvalue weighted by Gasteiger charge is 2.35. The van der Waals surface area contributed by atoms with Crippen LogP contribution >= 0.6 is 61.5 Å². The van der Waals surface area contributed by atoms with Gasteiger partial charge in [0.05, 0.1) is 36.6 Å². The SMILES string of the molecule is CCOC(=O)C1=C(C)N=c2s/c(=C\c3cc(Br)c(OCc4cccc(Cl)c4)c(I)c3)c(=O)n2[C@@H]1c1ccccc1OC(C)C. The number of fused-ring (bicyclic) bond motifs is 1. The molecule has 1 aliphatic heterocycles. The highest BCUT2D eigenvalue weighted by molar-refractivity contribution is 14.1. The molecule has 44 heavy (non-hydrogen) atoms. The van der Waals surface area contributed by atoms with E-state index in [2.05, 4.69) is 43.5 Å². The maximum atomic E-state index is 14.1. The number of rotatable bonds is 9. The van der Waals surface area contributed by atoms with Crippen LogP contribution in [0.25, 0.3) is 6.08 Å².